The minimum Gasteiger partial charge on any atom is -0.462 e. The van der Waals surface area contributed by atoms with E-state index in [-0.39, 0.29) is 12.0 Å². The first-order valence-corrected chi connectivity index (χ1v) is 5.51. The Bertz CT molecular complexity index is 373. The third-order valence-electron chi connectivity index (χ3n) is 2.18. The van der Waals surface area contributed by atoms with E-state index in [0.717, 1.165) is 0 Å². The van der Waals surface area contributed by atoms with Crippen molar-refractivity contribution in [2.24, 2.45) is 0 Å². The van der Waals surface area contributed by atoms with Crippen molar-refractivity contribution < 1.29 is 14.3 Å². The third-order valence-corrected chi connectivity index (χ3v) is 2.76. The largest absolute Gasteiger partial charge is 0.462 e. The minimum absolute atomic E-state index is 0.240. The lowest BCUT2D eigenvalue weighted by Gasteiger charge is -2.25. The maximum absolute atomic E-state index is 11.5. The molecule has 0 spiro atoms. The Labute approximate surface area is 95.5 Å². The smallest absolute Gasteiger partial charge is 0.342 e. The first kappa shape index (κ1) is 10.6. The topological polar surface area (TPSA) is 53.4 Å². The van der Waals surface area contributed by atoms with Crippen molar-refractivity contribution in [3.63, 3.8) is 0 Å². The number of hydrogen-bond donors (Lipinski definition) is 0. The normalized spacial score (nSPS) is 16.1. The molecule has 0 atom stereocenters. The van der Waals surface area contributed by atoms with Gasteiger partial charge in [-0.15, -0.1) is 0 Å². The number of esters is 1. The fraction of sp³-hybridized carbons (Fsp3) is 0.556. The molecule has 0 aliphatic carbocycles. The molecule has 6 heteroatoms. The fourth-order valence-electron chi connectivity index (χ4n) is 1.28. The summed E-state index contributed by atoms with van der Waals surface area (Å²) in [6.45, 7) is 3.44. The van der Waals surface area contributed by atoms with Crippen LogP contribution in [0, 0.1) is 0 Å². The summed E-state index contributed by atoms with van der Waals surface area (Å²) >= 11 is 3.24. The summed E-state index contributed by atoms with van der Waals surface area (Å²) in [4.78, 5) is 11.5. The molecule has 1 aromatic rings. The van der Waals surface area contributed by atoms with Gasteiger partial charge in [-0.1, -0.05) is 0 Å². The second-order valence-electron chi connectivity index (χ2n) is 3.23. The lowest BCUT2D eigenvalue weighted by molar-refractivity contribution is -0.0288. The van der Waals surface area contributed by atoms with Gasteiger partial charge in [-0.3, -0.25) is 4.68 Å². The molecule has 82 valence electrons. The van der Waals surface area contributed by atoms with Gasteiger partial charge < -0.3 is 9.47 Å². The molecule has 15 heavy (non-hydrogen) atoms. The maximum atomic E-state index is 11.5. The highest BCUT2D eigenvalue weighted by atomic mass is 79.9. The number of aromatic nitrogens is 2. The molecule has 1 aliphatic rings. The molecule has 1 aromatic heterocycles. The molecule has 0 radical (unpaired) electrons. The van der Waals surface area contributed by atoms with Gasteiger partial charge in [0.2, 0.25) is 0 Å². The monoisotopic (exact) mass is 274 g/mol. The Morgan fingerprint density at radius 1 is 1.80 bits per heavy atom. The summed E-state index contributed by atoms with van der Waals surface area (Å²) in [5.41, 5.74) is 0.462. The van der Waals surface area contributed by atoms with Crippen LogP contribution >= 0.6 is 15.9 Å². The first-order valence-electron chi connectivity index (χ1n) is 4.72. The number of rotatable bonds is 3. The van der Waals surface area contributed by atoms with Crippen molar-refractivity contribution in [2.45, 2.75) is 13.0 Å². The zero-order valence-electron chi connectivity index (χ0n) is 8.27. The summed E-state index contributed by atoms with van der Waals surface area (Å²) in [5, 5.41) is 4.19. The van der Waals surface area contributed by atoms with Crippen LogP contribution in [0.2, 0.25) is 0 Å². The second-order valence-corrected chi connectivity index (χ2v) is 3.98. The zero-order chi connectivity index (χ0) is 10.8. The van der Waals surface area contributed by atoms with Crippen LogP contribution < -0.4 is 0 Å². The molecule has 0 bridgehead atoms. The molecule has 1 saturated heterocycles. The molecule has 0 unspecified atom stereocenters. The quantitative estimate of drug-likeness (QED) is 0.782. The van der Waals surface area contributed by atoms with E-state index in [1.807, 2.05) is 0 Å². The van der Waals surface area contributed by atoms with E-state index in [9.17, 15) is 4.79 Å². The maximum Gasteiger partial charge on any atom is 0.342 e. The number of hydrogen-bond acceptors (Lipinski definition) is 4. The van der Waals surface area contributed by atoms with Gasteiger partial charge in [0.05, 0.1) is 25.9 Å². The number of carbonyl (C=O) groups is 1. The van der Waals surface area contributed by atoms with Crippen molar-refractivity contribution in [3.8, 4) is 0 Å². The molecule has 0 amide bonds. The van der Waals surface area contributed by atoms with Gasteiger partial charge in [0.15, 0.2) is 0 Å². The van der Waals surface area contributed by atoms with E-state index in [1.54, 1.807) is 17.8 Å². The molecule has 0 saturated carbocycles. The average Bonchev–Trinajstić information content (AvgIpc) is 2.44. The number of halogens is 1. The van der Waals surface area contributed by atoms with E-state index in [0.29, 0.717) is 30.0 Å². The highest BCUT2D eigenvalue weighted by molar-refractivity contribution is 9.10. The van der Waals surface area contributed by atoms with E-state index >= 15 is 0 Å². The second kappa shape index (κ2) is 4.32. The highest BCUT2D eigenvalue weighted by Crippen LogP contribution is 2.22. The standard InChI is InChI=1S/C9H11BrN2O3/c1-2-15-9(13)7-3-12(11-8(7)10)6-4-14-5-6/h3,6H,2,4-5H2,1H3. The molecule has 1 fully saturated rings. The molecule has 2 heterocycles. The predicted octanol–water partition coefficient (Wildman–Crippen LogP) is 1.39. The molecule has 5 nitrogen and oxygen atoms in total. The Balaban J connectivity index is 2.17. The van der Waals surface area contributed by atoms with Crippen LogP contribution in [0.25, 0.3) is 0 Å². The van der Waals surface area contributed by atoms with Gasteiger partial charge in [0.1, 0.15) is 10.2 Å². The molecular formula is C9H11BrN2O3. The van der Waals surface area contributed by atoms with Crippen LogP contribution in [0.15, 0.2) is 10.8 Å². The molecule has 0 aromatic carbocycles. The average molecular weight is 275 g/mol. The van der Waals surface area contributed by atoms with Crippen molar-refractivity contribution in [1.29, 1.82) is 0 Å². The Morgan fingerprint density at radius 2 is 2.53 bits per heavy atom. The molecular weight excluding hydrogens is 264 g/mol. The number of nitrogens with zero attached hydrogens (tertiary/aromatic N) is 2. The Kier molecular flexibility index (Phi) is 3.06. The molecule has 2 rings (SSSR count). The van der Waals surface area contributed by atoms with Gasteiger partial charge >= 0.3 is 5.97 Å². The summed E-state index contributed by atoms with van der Waals surface area (Å²) in [7, 11) is 0. The first-order chi connectivity index (χ1) is 7.22. The van der Waals surface area contributed by atoms with E-state index in [4.69, 9.17) is 9.47 Å². The Morgan fingerprint density at radius 3 is 3.07 bits per heavy atom. The molecule has 1 aliphatic heterocycles. The number of ether oxygens (including phenoxy) is 2. The lowest BCUT2D eigenvalue weighted by atomic mass is 10.3. The van der Waals surface area contributed by atoms with Gasteiger partial charge in [-0.05, 0) is 22.9 Å². The van der Waals surface area contributed by atoms with Crippen LogP contribution in [0.1, 0.15) is 23.3 Å². The summed E-state index contributed by atoms with van der Waals surface area (Å²) in [6.07, 6.45) is 1.69. The van der Waals surface area contributed by atoms with Crippen molar-refractivity contribution >= 4 is 21.9 Å². The van der Waals surface area contributed by atoms with Gasteiger partial charge in [0.25, 0.3) is 0 Å². The van der Waals surface area contributed by atoms with E-state index < -0.39 is 0 Å². The summed E-state index contributed by atoms with van der Waals surface area (Å²) in [6, 6.07) is 0.240. The minimum atomic E-state index is -0.351. The van der Waals surface area contributed by atoms with E-state index in [2.05, 4.69) is 21.0 Å². The molecule has 0 N–H and O–H groups in total. The predicted molar refractivity (Wildman–Crippen MR) is 55.7 cm³/mol. The van der Waals surface area contributed by atoms with Crippen LogP contribution in [0.5, 0.6) is 0 Å². The SMILES string of the molecule is CCOC(=O)c1cn(C2COC2)nc1Br. The van der Waals surface area contributed by atoms with Crippen molar-refractivity contribution in [1.82, 2.24) is 9.78 Å². The number of carbonyl (C=O) groups excluding carboxylic acids is 1. The lowest BCUT2D eigenvalue weighted by Crippen LogP contribution is -2.30. The van der Waals surface area contributed by atoms with Crippen LogP contribution in [0.3, 0.4) is 0 Å². The van der Waals surface area contributed by atoms with Gasteiger partial charge in [-0.25, -0.2) is 4.79 Å². The third kappa shape index (κ3) is 2.05. The van der Waals surface area contributed by atoms with Crippen LogP contribution in [0.4, 0.5) is 0 Å². The fourth-order valence-corrected chi connectivity index (χ4v) is 1.73. The van der Waals surface area contributed by atoms with Crippen LogP contribution in [-0.2, 0) is 9.47 Å². The van der Waals surface area contributed by atoms with Gasteiger partial charge in [0, 0.05) is 6.20 Å². The van der Waals surface area contributed by atoms with Crippen molar-refractivity contribution in [3.05, 3.63) is 16.4 Å². The van der Waals surface area contributed by atoms with Gasteiger partial charge in [-0.2, -0.15) is 5.10 Å². The zero-order valence-corrected chi connectivity index (χ0v) is 9.86. The summed E-state index contributed by atoms with van der Waals surface area (Å²) < 4.78 is 12.2. The van der Waals surface area contributed by atoms with E-state index in [1.165, 1.54) is 0 Å². The van der Waals surface area contributed by atoms with Crippen molar-refractivity contribution in [2.75, 3.05) is 19.8 Å². The highest BCUT2D eigenvalue weighted by Gasteiger charge is 2.24. The van der Waals surface area contributed by atoms with Crippen LogP contribution in [-0.4, -0.2) is 35.6 Å². The summed E-state index contributed by atoms with van der Waals surface area (Å²) in [5.74, 6) is -0.351. The Hall–Kier alpha value is -0.880.